The van der Waals surface area contributed by atoms with Gasteiger partial charge in [-0.15, -0.1) is 0 Å². The summed E-state index contributed by atoms with van der Waals surface area (Å²) in [4.78, 5) is 4.81. The standard InChI is InChI=1S/C15H22N4O/c1-18(6-7-19-8-10-20-11-9-19)12-15-13-4-2-3-5-14(13)16-17-15/h2-5H,6-12H2,1H3,(H,16,17). The molecule has 1 saturated heterocycles. The van der Waals surface area contributed by atoms with E-state index in [0.717, 1.165) is 51.5 Å². The number of H-pyrrole nitrogens is 1. The SMILES string of the molecule is CN(CCN1CCOCC1)Cc1[nH]nc2ccccc12. The summed E-state index contributed by atoms with van der Waals surface area (Å²) in [6, 6.07) is 8.26. The van der Waals surface area contributed by atoms with E-state index in [9.17, 15) is 0 Å². The van der Waals surface area contributed by atoms with E-state index in [1.54, 1.807) is 0 Å². The van der Waals surface area contributed by atoms with Gasteiger partial charge in [0.2, 0.25) is 0 Å². The highest BCUT2D eigenvalue weighted by Crippen LogP contribution is 2.16. The van der Waals surface area contributed by atoms with Crippen molar-refractivity contribution in [3.63, 3.8) is 0 Å². The number of fused-ring (bicyclic) bond motifs is 1. The van der Waals surface area contributed by atoms with Crippen LogP contribution in [-0.4, -0.2) is 66.4 Å². The lowest BCUT2D eigenvalue weighted by atomic mass is 10.2. The smallest absolute Gasteiger partial charge is 0.0924 e. The minimum absolute atomic E-state index is 0.870. The van der Waals surface area contributed by atoms with Gasteiger partial charge in [-0.2, -0.15) is 5.10 Å². The molecule has 0 bridgehead atoms. The van der Waals surface area contributed by atoms with Crippen molar-refractivity contribution in [2.75, 3.05) is 46.4 Å². The molecule has 5 nitrogen and oxygen atoms in total. The van der Waals surface area contributed by atoms with Crippen molar-refractivity contribution in [2.24, 2.45) is 0 Å². The average molecular weight is 274 g/mol. The van der Waals surface area contributed by atoms with Gasteiger partial charge in [0.05, 0.1) is 24.4 Å². The van der Waals surface area contributed by atoms with E-state index in [4.69, 9.17) is 4.74 Å². The second kappa shape index (κ2) is 6.35. The third kappa shape index (κ3) is 3.17. The van der Waals surface area contributed by atoms with E-state index in [-0.39, 0.29) is 0 Å². The molecule has 20 heavy (non-hydrogen) atoms. The zero-order valence-corrected chi connectivity index (χ0v) is 12.0. The summed E-state index contributed by atoms with van der Waals surface area (Å²) in [5, 5.41) is 8.73. The Bertz CT molecular complexity index is 548. The number of likely N-dealkylation sites (N-methyl/N-ethyl adjacent to an activating group) is 1. The second-order valence-corrected chi connectivity index (χ2v) is 5.41. The number of aromatic nitrogens is 2. The molecule has 0 atom stereocenters. The Hall–Kier alpha value is -1.43. The van der Waals surface area contributed by atoms with Crippen molar-refractivity contribution in [1.82, 2.24) is 20.0 Å². The normalized spacial score (nSPS) is 17.1. The summed E-state index contributed by atoms with van der Waals surface area (Å²) < 4.78 is 5.37. The zero-order chi connectivity index (χ0) is 13.8. The summed E-state index contributed by atoms with van der Waals surface area (Å²) in [7, 11) is 2.16. The lowest BCUT2D eigenvalue weighted by Gasteiger charge is -2.28. The molecule has 0 saturated carbocycles. The quantitative estimate of drug-likeness (QED) is 0.893. The molecule has 1 N–H and O–H groups in total. The number of nitrogens with one attached hydrogen (secondary N) is 1. The summed E-state index contributed by atoms with van der Waals surface area (Å²) >= 11 is 0. The van der Waals surface area contributed by atoms with Gasteiger partial charge in [0.25, 0.3) is 0 Å². The van der Waals surface area contributed by atoms with Crippen molar-refractivity contribution in [2.45, 2.75) is 6.54 Å². The maximum Gasteiger partial charge on any atom is 0.0924 e. The summed E-state index contributed by atoms with van der Waals surface area (Å²) in [6.45, 7) is 6.93. The van der Waals surface area contributed by atoms with Crippen LogP contribution >= 0.6 is 0 Å². The molecule has 5 heteroatoms. The highest BCUT2D eigenvalue weighted by molar-refractivity contribution is 5.81. The van der Waals surface area contributed by atoms with Gasteiger partial charge in [-0.25, -0.2) is 0 Å². The first-order valence-electron chi connectivity index (χ1n) is 7.23. The lowest BCUT2D eigenvalue weighted by molar-refractivity contribution is 0.0342. The topological polar surface area (TPSA) is 44.4 Å². The number of aromatic amines is 1. The first-order valence-corrected chi connectivity index (χ1v) is 7.23. The molecule has 3 rings (SSSR count). The lowest BCUT2D eigenvalue weighted by Crippen LogP contribution is -2.40. The number of hydrogen-bond acceptors (Lipinski definition) is 4. The van der Waals surface area contributed by atoms with E-state index >= 15 is 0 Å². The number of morpholine rings is 1. The van der Waals surface area contributed by atoms with E-state index < -0.39 is 0 Å². The minimum atomic E-state index is 0.870. The number of nitrogens with zero attached hydrogens (tertiary/aromatic N) is 3. The molecule has 1 fully saturated rings. The molecule has 0 unspecified atom stereocenters. The maximum absolute atomic E-state index is 5.37. The number of benzene rings is 1. The zero-order valence-electron chi connectivity index (χ0n) is 12.0. The molecule has 0 radical (unpaired) electrons. The molecule has 1 aromatic carbocycles. The van der Waals surface area contributed by atoms with Gasteiger partial charge in [-0.05, 0) is 13.1 Å². The monoisotopic (exact) mass is 274 g/mol. The Kier molecular flexibility index (Phi) is 4.30. The Balaban J connectivity index is 1.54. The van der Waals surface area contributed by atoms with Gasteiger partial charge in [-0.3, -0.25) is 14.9 Å². The fraction of sp³-hybridized carbons (Fsp3) is 0.533. The Labute approximate surface area is 119 Å². The van der Waals surface area contributed by atoms with Gasteiger partial charge in [0.15, 0.2) is 0 Å². The van der Waals surface area contributed by atoms with Gasteiger partial charge in [-0.1, -0.05) is 18.2 Å². The Morgan fingerprint density at radius 2 is 2.10 bits per heavy atom. The molecule has 1 aliphatic rings. The van der Waals surface area contributed by atoms with Crippen molar-refractivity contribution in [3.8, 4) is 0 Å². The molecule has 1 aromatic heterocycles. The predicted octanol–water partition coefficient (Wildman–Crippen LogP) is 1.33. The van der Waals surface area contributed by atoms with Gasteiger partial charge >= 0.3 is 0 Å². The molecule has 0 amide bonds. The van der Waals surface area contributed by atoms with Crippen LogP contribution in [0.25, 0.3) is 10.9 Å². The fourth-order valence-electron chi connectivity index (χ4n) is 2.62. The van der Waals surface area contributed by atoms with Crippen molar-refractivity contribution >= 4 is 10.9 Å². The van der Waals surface area contributed by atoms with Gasteiger partial charge in [0, 0.05) is 38.1 Å². The van der Waals surface area contributed by atoms with Crippen LogP contribution in [-0.2, 0) is 11.3 Å². The number of para-hydroxylation sites is 1. The first-order chi connectivity index (χ1) is 9.83. The van der Waals surface area contributed by atoms with E-state index in [0.29, 0.717) is 0 Å². The van der Waals surface area contributed by atoms with Gasteiger partial charge in [0.1, 0.15) is 0 Å². The van der Waals surface area contributed by atoms with E-state index in [1.165, 1.54) is 11.1 Å². The predicted molar refractivity (Wildman–Crippen MR) is 79.7 cm³/mol. The first kappa shape index (κ1) is 13.5. The maximum atomic E-state index is 5.37. The van der Waals surface area contributed by atoms with E-state index in [2.05, 4.69) is 39.2 Å². The molecular formula is C15H22N4O. The average Bonchev–Trinajstić information content (AvgIpc) is 2.90. The van der Waals surface area contributed by atoms with Crippen LogP contribution in [0.2, 0.25) is 0 Å². The van der Waals surface area contributed by atoms with Crippen LogP contribution < -0.4 is 0 Å². The third-order valence-electron chi connectivity index (χ3n) is 3.87. The molecular weight excluding hydrogens is 252 g/mol. The summed E-state index contributed by atoms with van der Waals surface area (Å²) in [5.74, 6) is 0. The number of hydrogen-bond donors (Lipinski definition) is 1. The summed E-state index contributed by atoms with van der Waals surface area (Å²) in [5.41, 5.74) is 2.24. The van der Waals surface area contributed by atoms with E-state index in [1.807, 2.05) is 12.1 Å². The van der Waals surface area contributed by atoms with Crippen LogP contribution in [0.4, 0.5) is 0 Å². The number of ether oxygens (including phenoxy) is 1. The highest BCUT2D eigenvalue weighted by atomic mass is 16.5. The van der Waals surface area contributed by atoms with Crippen molar-refractivity contribution in [3.05, 3.63) is 30.0 Å². The van der Waals surface area contributed by atoms with Crippen LogP contribution in [0, 0.1) is 0 Å². The van der Waals surface area contributed by atoms with Crippen molar-refractivity contribution in [1.29, 1.82) is 0 Å². The molecule has 0 aliphatic carbocycles. The summed E-state index contributed by atoms with van der Waals surface area (Å²) in [6.07, 6.45) is 0. The van der Waals surface area contributed by atoms with Crippen LogP contribution in [0.3, 0.4) is 0 Å². The molecule has 2 heterocycles. The fourth-order valence-corrected chi connectivity index (χ4v) is 2.62. The van der Waals surface area contributed by atoms with Crippen LogP contribution in [0.15, 0.2) is 24.3 Å². The molecule has 108 valence electrons. The van der Waals surface area contributed by atoms with Crippen LogP contribution in [0.1, 0.15) is 5.69 Å². The number of rotatable bonds is 5. The van der Waals surface area contributed by atoms with Crippen molar-refractivity contribution < 1.29 is 4.74 Å². The largest absolute Gasteiger partial charge is 0.379 e. The van der Waals surface area contributed by atoms with Crippen LogP contribution in [0.5, 0.6) is 0 Å². The Morgan fingerprint density at radius 3 is 2.95 bits per heavy atom. The molecule has 0 spiro atoms. The molecule has 1 aliphatic heterocycles. The molecule has 2 aromatic rings. The third-order valence-corrected chi connectivity index (χ3v) is 3.87. The minimum Gasteiger partial charge on any atom is -0.379 e. The van der Waals surface area contributed by atoms with Gasteiger partial charge < -0.3 is 4.74 Å². The second-order valence-electron chi connectivity index (χ2n) is 5.41. The highest BCUT2D eigenvalue weighted by Gasteiger charge is 2.12. The Morgan fingerprint density at radius 1 is 1.30 bits per heavy atom.